The van der Waals surface area contributed by atoms with Gasteiger partial charge in [-0.2, -0.15) is 0 Å². The minimum Gasteiger partial charge on any atom is -0.452 e. The summed E-state index contributed by atoms with van der Waals surface area (Å²) in [4.78, 5) is 35.6. The number of amides is 3. The minimum atomic E-state index is -3.89. The maximum atomic E-state index is 12.1. The van der Waals surface area contributed by atoms with E-state index in [-0.39, 0.29) is 15.5 Å². The molecule has 3 amide bonds. The third-order valence-electron chi connectivity index (χ3n) is 3.94. The molecule has 0 aliphatic carbocycles. The Labute approximate surface area is 178 Å². The zero-order valence-electron chi connectivity index (χ0n) is 16.4. The molecule has 2 aromatic carbocycles. The fourth-order valence-corrected chi connectivity index (χ4v) is 3.68. The lowest BCUT2D eigenvalue weighted by Gasteiger charge is -2.10. The van der Waals surface area contributed by atoms with E-state index in [4.69, 9.17) is 16.3 Å². The molecule has 0 aliphatic rings. The lowest BCUT2D eigenvalue weighted by molar-refractivity contribution is -0.123. The molecular weight excluding hydrogens is 434 g/mol. The molecule has 11 heteroatoms. The Kier molecular flexibility index (Phi) is 7.54. The number of anilines is 1. The summed E-state index contributed by atoms with van der Waals surface area (Å²) in [6, 6.07) is 8.10. The molecule has 0 unspecified atom stereocenters. The highest BCUT2D eigenvalue weighted by atomic mass is 35.5. The standard InChI is InChI=1S/C19H20ClN3O6S/c1-11-4-7-15(12(2)8-11)22-19(26)23-17(24)10-29-18(25)13-5-6-14(20)16(9-13)30(27,28)21-3/h4-9,21H,10H2,1-3H3,(H2,22,23,24,26). The van der Waals surface area contributed by atoms with Crippen LogP contribution in [-0.4, -0.2) is 40.0 Å². The molecule has 0 aliphatic heterocycles. The number of aryl methyl sites for hydroxylation is 2. The van der Waals surface area contributed by atoms with Crippen LogP contribution in [-0.2, 0) is 19.6 Å². The van der Waals surface area contributed by atoms with Gasteiger partial charge in [0.2, 0.25) is 10.0 Å². The minimum absolute atomic E-state index is 0.0817. The second kappa shape index (κ2) is 9.70. The van der Waals surface area contributed by atoms with Gasteiger partial charge in [-0.1, -0.05) is 29.3 Å². The number of benzene rings is 2. The predicted molar refractivity (Wildman–Crippen MR) is 111 cm³/mol. The second-order valence-electron chi connectivity index (χ2n) is 6.25. The van der Waals surface area contributed by atoms with Gasteiger partial charge in [-0.15, -0.1) is 0 Å². The van der Waals surface area contributed by atoms with Gasteiger partial charge in [0.25, 0.3) is 5.91 Å². The van der Waals surface area contributed by atoms with Crippen molar-refractivity contribution in [3.63, 3.8) is 0 Å². The van der Waals surface area contributed by atoms with Crippen LogP contribution in [0.4, 0.5) is 10.5 Å². The summed E-state index contributed by atoms with van der Waals surface area (Å²) in [5, 5.41) is 4.48. The summed E-state index contributed by atoms with van der Waals surface area (Å²) in [5.74, 6) is -1.81. The highest BCUT2D eigenvalue weighted by molar-refractivity contribution is 7.89. The smallest absolute Gasteiger partial charge is 0.338 e. The van der Waals surface area contributed by atoms with Crippen LogP contribution in [0.25, 0.3) is 0 Å². The number of hydrogen-bond donors (Lipinski definition) is 3. The number of halogens is 1. The Morgan fingerprint density at radius 2 is 1.77 bits per heavy atom. The van der Waals surface area contributed by atoms with Crippen LogP contribution in [0.5, 0.6) is 0 Å². The van der Waals surface area contributed by atoms with Crippen LogP contribution >= 0.6 is 11.6 Å². The van der Waals surface area contributed by atoms with Gasteiger partial charge in [-0.05, 0) is 50.7 Å². The number of rotatable bonds is 6. The third kappa shape index (κ3) is 6.02. The van der Waals surface area contributed by atoms with Gasteiger partial charge < -0.3 is 10.1 Å². The molecule has 9 nitrogen and oxygen atoms in total. The van der Waals surface area contributed by atoms with Gasteiger partial charge >= 0.3 is 12.0 Å². The molecule has 0 saturated heterocycles. The quantitative estimate of drug-likeness (QED) is 0.575. The van der Waals surface area contributed by atoms with E-state index in [0.717, 1.165) is 17.2 Å². The third-order valence-corrected chi connectivity index (χ3v) is 5.84. The second-order valence-corrected chi connectivity index (χ2v) is 8.51. The molecule has 0 radical (unpaired) electrons. The number of esters is 1. The number of hydrogen-bond acceptors (Lipinski definition) is 6. The van der Waals surface area contributed by atoms with Gasteiger partial charge in [0.1, 0.15) is 4.90 Å². The van der Waals surface area contributed by atoms with Crippen molar-refractivity contribution in [1.82, 2.24) is 10.0 Å². The van der Waals surface area contributed by atoms with Crippen LogP contribution in [0.3, 0.4) is 0 Å². The first-order chi connectivity index (χ1) is 14.0. The predicted octanol–water partition coefficient (Wildman–Crippen LogP) is 2.37. The number of imide groups is 1. The van der Waals surface area contributed by atoms with Crippen LogP contribution in [0.15, 0.2) is 41.3 Å². The maximum Gasteiger partial charge on any atom is 0.338 e. The van der Waals surface area contributed by atoms with E-state index in [2.05, 4.69) is 10.0 Å². The summed E-state index contributed by atoms with van der Waals surface area (Å²) in [5.41, 5.74) is 2.25. The molecule has 2 rings (SSSR count). The van der Waals surface area contributed by atoms with E-state index in [1.54, 1.807) is 19.1 Å². The molecular formula is C19H20ClN3O6S. The molecule has 2 aromatic rings. The van der Waals surface area contributed by atoms with Crippen molar-refractivity contribution in [1.29, 1.82) is 0 Å². The summed E-state index contributed by atoms with van der Waals surface area (Å²) < 4.78 is 30.8. The number of nitrogens with one attached hydrogen (secondary N) is 3. The molecule has 0 aromatic heterocycles. The van der Waals surface area contributed by atoms with Gasteiger partial charge in [-0.25, -0.2) is 22.7 Å². The SMILES string of the molecule is CNS(=O)(=O)c1cc(C(=O)OCC(=O)NC(=O)Nc2ccc(C)cc2C)ccc1Cl. The Morgan fingerprint density at radius 1 is 1.07 bits per heavy atom. The topological polar surface area (TPSA) is 131 Å². The van der Waals surface area contributed by atoms with Gasteiger partial charge in [0.15, 0.2) is 6.61 Å². The molecule has 0 spiro atoms. The van der Waals surface area contributed by atoms with Gasteiger partial charge in [0.05, 0.1) is 10.6 Å². The monoisotopic (exact) mass is 453 g/mol. The molecule has 0 atom stereocenters. The molecule has 0 fully saturated rings. The van der Waals surface area contributed by atoms with Crippen LogP contribution in [0.2, 0.25) is 5.02 Å². The molecule has 160 valence electrons. The Bertz CT molecular complexity index is 1100. The molecule has 30 heavy (non-hydrogen) atoms. The summed E-state index contributed by atoms with van der Waals surface area (Å²) in [7, 11) is -2.69. The fourth-order valence-electron chi connectivity index (χ4n) is 2.43. The largest absolute Gasteiger partial charge is 0.452 e. The summed E-state index contributed by atoms with van der Waals surface area (Å²) in [6.45, 7) is 2.98. The Balaban J connectivity index is 1.95. The lowest BCUT2D eigenvalue weighted by atomic mass is 10.1. The van der Waals surface area contributed by atoms with E-state index < -0.39 is 34.5 Å². The number of urea groups is 1. The molecule has 3 N–H and O–H groups in total. The van der Waals surface area contributed by atoms with Crippen molar-refractivity contribution in [3.05, 3.63) is 58.1 Å². The van der Waals surface area contributed by atoms with Crippen molar-refractivity contribution < 1.29 is 27.5 Å². The van der Waals surface area contributed by atoms with Crippen molar-refractivity contribution in [2.24, 2.45) is 0 Å². The van der Waals surface area contributed by atoms with Crippen molar-refractivity contribution in [2.75, 3.05) is 19.0 Å². The molecule has 0 bridgehead atoms. The highest BCUT2D eigenvalue weighted by Crippen LogP contribution is 2.22. The summed E-state index contributed by atoms with van der Waals surface area (Å²) >= 11 is 5.86. The Morgan fingerprint density at radius 3 is 2.40 bits per heavy atom. The van der Waals surface area contributed by atoms with Crippen molar-refractivity contribution in [3.8, 4) is 0 Å². The van der Waals surface area contributed by atoms with Crippen molar-refractivity contribution in [2.45, 2.75) is 18.7 Å². The number of sulfonamides is 1. The number of ether oxygens (including phenoxy) is 1. The first-order valence-electron chi connectivity index (χ1n) is 8.62. The first kappa shape index (κ1) is 23.3. The zero-order valence-corrected chi connectivity index (χ0v) is 18.0. The lowest BCUT2D eigenvalue weighted by Crippen LogP contribution is -2.37. The van der Waals surface area contributed by atoms with Crippen molar-refractivity contribution >= 4 is 45.2 Å². The normalized spacial score (nSPS) is 10.9. The number of carbonyl (C=O) groups is 3. The maximum absolute atomic E-state index is 12.1. The van der Waals surface area contributed by atoms with E-state index >= 15 is 0 Å². The fraction of sp³-hybridized carbons (Fsp3) is 0.211. The first-order valence-corrected chi connectivity index (χ1v) is 10.5. The average Bonchev–Trinajstić information content (AvgIpc) is 2.68. The van der Waals surface area contributed by atoms with E-state index in [0.29, 0.717) is 5.69 Å². The van der Waals surface area contributed by atoms with Crippen LogP contribution in [0, 0.1) is 13.8 Å². The van der Waals surface area contributed by atoms with Gasteiger partial charge in [0, 0.05) is 5.69 Å². The van der Waals surface area contributed by atoms with Gasteiger partial charge in [-0.3, -0.25) is 10.1 Å². The number of carbonyl (C=O) groups excluding carboxylic acids is 3. The Hall–Kier alpha value is -2.95. The van der Waals surface area contributed by atoms with Crippen LogP contribution in [0.1, 0.15) is 21.5 Å². The zero-order chi connectivity index (χ0) is 22.5. The average molecular weight is 454 g/mol. The molecule has 0 heterocycles. The molecule has 0 saturated carbocycles. The van der Waals surface area contributed by atoms with E-state index in [1.165, 1.54) is 19.2 Å². The van der Waals surface area contributed by atoms with Crippen LogP contribution < -0.4 is 15.4 Å². The van der Waals surface area contributed by atoms with E-state index in [1.807, 2.05) is 18.3 Å². The highest BCUT2D eigenvalue weighted by Gasteiger charge is 2.20. The summed E-state index contributed by atoms with van der Waals surface area (Å²) in [6.07, 6.45) is 0. The van der Waals surface area contributed by atoms with E-state index in [9.17, 15) is 22.8 Å².